The minimum atomic E-state index is 0.0642. The zero-order valence-electron chi connectivity index (χ0n) is 19.6. The van der Waals surface area contributed by atoms with Crippen LogP contribution in [0.4, 0.5) is 5.69 Å². The normalized spacial score (nSPS) is 19.1. The molecule has 0 aromatic heterocycles. The van der Waals surface area contributed by atoms with Crippen molar-refractivity contribution in [3.05, 3.63) is 81.6 Å². The van der Waals surface area contributed by atoms with Crippen LogP contribution in [-0.2, 0) is 4.74 Å². The lowest BCUT2D eigenvalue weighted by molar-refractivity contribution is 0.0864. The molecule has 3 aliphatic heterocycles. The summed E-state index contributed by atoms with van der Waals surface area (Å²) < 4.78 is 8.79. The molecule has 0 amide bonds. The van der Waals surface area contributed by atoms with Gasteiger partial charge < -0.3 is 14.6 Å². The number of anilines is 1. The van der Waals surface area contributed by atoms with Crippen molar-refractivity contribution in [2.24, 2.45) is 9.98 Å². The number of aliphatic imine (C=N–C) groups is 1. The van der Waals surface area contributed by atoms with Gasteiger partial charge in [-0.2, -0.15) is 0 Å². The maximum Gasteiger partial charge on any atom is 0.0900 e. The number of aromatic nitrogens is 2. The summed E-state index contributed by atoms with van der Waals surface area (Å²) in [5.41, 5.74) is 5.81. The molecular formula is C28H25BrClN5O. The molecule has 0 spiro atoms. The fourth-order valence-electron chi connectivity index (χ4n) is 4.77. The van der Waals surface area contributed by atoms with E-state index in [-0.39, 0.29) is 12.1 Å². The van der Waals surface area contributed by atoms with E-state index in [1.165, 1.54) is 0 Å². The van der Waals surface area contributed by atoms with Gasteiger partial charge in [0, 0.05) is 34.6 Å². The number of fused-ring (bicyclic) bond motifs is 2. The van der Waals surface area contributed by atoms with E-state index in [0.29, 0.717) is 11.6 Å². The number of allylic oxidation sites excluding steroid dienone is 1. The SMILES string of the molecule is Clc1ccc(-n2c3cc(=NC4CCOCC4)c(NC4C=C(Br)C=NC4)cc-3nc3ccccc32)cc1. The highest BCUT2D eigenvalue weighted by Gasteiger charge is 2.19. The summed E-state index contributed by atoms with van der Waals surface area (Å²) in [6.45, 7) is 2.16. The van der Waals surface area contributed by atoms with E-state index in [1.54, 1.807) is 0 Å². The van der Waals surface area contributed by atoms with E-state index in [1.807, 2.05) is 48.7 Å². The van der Waals surface area contributed by atoms with Crippen molar-refractivity contribution in [1.29, 1.82) is 0 Å². The van der Waals surface area contributed by atoms with Crippen LogP contribution in [0.5, 0.6) is 0 Å². The number of hydrogen-bond donors (Lipinski definition) is 1. The zero-order chi connectivity index (χ0) is 24.5. The summed E-state index contributed by atoms with van der Waals surface area (Å²) in [6, 6.07) is 20.7. The molecule has 2 aromatic rings. The third-order valence-corrected chi connectivity index (χ3v) is 7.23. The van der Waals surface area contributed by atoms with Crippen LogP contribution < -0.4 is 10.7 Å². The second-order valence-corrected chi connectivity index (χ2v) is 10.4. The van der Waals surface area contributed by atoms with E-state index >= 15 is 0 Å². The second-order valence-electron chi connectivity index (χ2n) is 9.04. The summed E-state index contributed by atoms with van der Waals surface area (Å²) in [6.07, 6.45) is 5.82. The Balaban J connectivity index is 1.58. The first-order valence-electron chi connectivity index (χ1n) is 12.1. The largest absolute Gasteiger partial charge is 0.381 e. The second kappa shape index (κ2) is 10.2. The molecule has 0 radical (unpaired) electrons. The molecule has 2 aromatic carbocycles. The Hall–Kier alpha value is -3.00. The predicted octanol–water partition coefficient (Wildman–Crippen LogP) is 6.01. The molecular weight excluding hydrogens is 538 g/mol. The lowest BCUT2D eigenvalue weighted by atomic mass is 10.1. The Morgan fingerprint density at radius 3 is 2.67 bits per heavy atom. The minimum Gasteiger partial charge on any atom is -0.381 e. The van der Waals surface area contributed by atoms with Crippen LogP contribution in [0.25, 0.3) is 28.1 Å². The van der Waals surface area contributed by atoms with Crippen LogP contribution in [0.3, 0.4) is 0 Å². The number of halogens is 2. The lowest BCUT2D eigenvalue weighted by Crippen LogP contribution is -2.28. The Kier molecular flexibility index (Phi) is 6.61. The van der Waals surface area contributed by atoms with Crippen LogP contribution in [0.1, 0.15) is 12.8 Å². The van der Waals surface area contributed by atoms with E-state index in [2.05, 4.69) is 55.1 Å². The Morgan fingerprint density at radius 2 is 1.86 bits per heavy atom. The van der Waals surface area contributed by atoms with Gasteiger partial charge >= 0.3 is 0 Å². The van der Waals surface area contributed by atoms with E-state index < -0.39 is 0 Å². The van der Waals surface area contributed by atoms with Gasteiger partial charge in [0.15, 0.2) is 0 Å². The molecule has 0 bridgehead atoms. The van der Waals surface area contributed by atoms with Crippen LogP contribution in [0.15, 0.2) is 81.2 Å². The molecule has 1 N–H and O–H groups in total. The average molecular weight is 563 g/mol. The average Bonchev–Trinajstić information content (AvgIpc) is 2.89. The van der Waals surface area contributed by atoms with E-state index in [4.69, 9.17) is 26.3 Å². The molecule has 0 saturated carbocycles. The maximum atomic E-state index is 6.22. The highest BCUT2D eigenvalue weighted by molar-refractivity contribution is 9.12. The van der Waals surface area contributed by atoms with Crippen molar-refractivity contribution in [2.45, 2.75) is 24.9 Å². The van der Waals surface area contributed by atoms with Crippen molar-refractivity contribution in [1.82, 2.24) is 9.55 Å². The van der Waals surface area contributed by atoms with Crippen molar-refractivity contribution >= 4 is 50.5 Å². The van der Waals surface area contributed by atoms with Crippen molar-refractivity contribution in [3.8, 4) is 17.1 Å². The molecule has 1 aliphatic carbocycles. The standard InChI is InChI=1S/C28H25BrClN5O/c29-18-13-21(17-31-16-18)33-24-14-26-28(15-25(24)32-20-9-11-36-12-10-20)35(22-7-5-19(30)6-8-22)27-4-2-1-3-23(27)34-26/h1-8,13-16,20-21,33H,9-12,17H2. The minimum absolute atomic E-state index is 0.0642. The summed E-state index contributed by atoms with van der Waals surface area (Å²) in [5.74, 6) is 0. The molecule has 1 atom stereocenters. The van der Waals surface area contributed by atoms with Gasteiger partial charge in [0.05, 0.1) is 52.1 Å². The summed E-state index contributed by atoms with van der Waals surface area (Å²) >= 11 is 9.78. The first kappa shape index (κ1) is 23.4. The third kappa shape index (κ3) is 4.83. The Morgan fingerprint density at radius 1 is 1.06 bits per heavy atom. The first-order valence-corrected chi connectivity index (χ1v) is 13.3. The fraction of sp³-hybridized carbons (Fsp3) is 0.250. The molecule has 6 nitrogen and oxygen atoms in total. The Labute approximate surface area is 222 Å². The topological polar surface area (TPSA) is 63.8 Å². The number of nitrogens with one attached hydrogen (secondary N) is 1. The number of ether oxygens (including phenoxy) is 1. The van der Waals surface area contributed by atoms with Gasteiger partial charge in [0.2, 0.25) is 0 Å². The zero-order valence-corrected chi connectivity index (χ0v) is 21.9. The van der Waals surface area contributed by atoms with Gasteiger partial charge in [-0.1, -0.05) is 23.7 Å². The van der Waals surface area contributed by atoms with Gasteiger partial charge in [0.25, 0.3) is 0 Å². The van der Waals surface area contributed by atoms with Gasteiger partial charge in [-0.3, -0.25) is 9.98 Å². The quantitative estimate of drug-likeness (QED) is 0.310. The first-order chi connectivity index (χ1) is 17.6. The number of nitrogens with zero attached hydrogens (tertiary/aromatic N) is 4. The maximum absolute atomic E-state index is 6.22. The number of benzene rings is 3. The third-order valence-electron chi connectivity index (χ3n) is 6.51. The molecule has 4 aliphatic rings. The number of para-hydroxylation sites is 2. The predicted molar refractivity (Wildman–Crippen MR) is 150 cm³/mol. The highest BCUT2D eigenvalue weighted by Crippen LogP contribution is 2.30. The van der Waals surface area contributed by atoms with Gasteiger partial charge in [-0.25, -0.2) is 4.98 Å². The van der Waals surface area contributed by atoms with Gasteiger partial charge in [-0.15, -0.1) is 0 Å². The molecule has 1 unspecified atom stereocenters. The van der Waals surface area contributed by atoms with E-state index in [0.717, 1.165) is 69.7 Å². The van der Waals surface area contributed by atoms with Gasteiger partial charge in [0.1, 0.15) is 0 Å². The molecule has 3 heterocycles. The van der Waals surface area contributed by atoms with Crippen molar-refractivity contribution in [3.63, 3.8) is 0 Å². The smallest absolute Gasteiger partial charge is 0.0900 e. The highest BCUT2D eigenvalue weighted by atomic mass is 79.9. The van der Waals surface area contributed by atoms with Crippen LogP contribution in [0.2, 0.25) is 5.02 Å². The molecule has 8 heteroatoms. The molecule has 1 saturated heterocycles. The van der Waals surface area contributed by atoms with Gasteiger partial charge in [-0.05, 0) is 83.4 Å². The number of hydrogen-bond acceptors (Lipinski definition) is 5. The van der Waals surface area contributed by atoms with E-state index in [9.17, 15) is 0 Å². The fourth-order valence-corrected chi connectivity index (χ4v) is 5.36. The van der Waals surface area contributed by atoms with Crippen LogP contribution in [0, 0.1) is 0 Å². The van der Waals surface area contributed by atoms with Crippen LogP contribution in [-0.4, -0.2) is 47.6 Å². The monoisotopic (exact) mass is 561 g/mol. The molecule has 1 fully saturated rings. The van der Waals surface area contributed by atoms with Crippen LogP contribution >= 0.6 is 27.5 Å². The summed E-state index contributed by atoms with van der Waals surface area (Å²) in [7, 11) is 0. The number of dihydropyridines is 1. The molecule has 6 rings (SSSR count). The lowest BCUT2D eigenvalue weighted by Gasteiger charge is -2.23. The molecule has 182 valence electrons. The molecule has 36 heavy (non-hydrogen) atoms. The summed E-state index contributed by atoms with van der Waals surface area (Å²) in [5, 5.41) is 5.30. The Bertz CT molecular complexity index is 1500. The van der Waals surface area contributed by atoms with Crippen molar-refractivity contribution in [2.75, 3.05) is 25.1 Å². The summed E-state index contributed by atoms with van der Waals surface area (Å²) in [4.78, 5) is 14.7. The number of rotatable bonds is 4. The van der Waals surface area contributed by atoms with Crippen molar-refractivity contribution < 1.29 is 4.74 Å².